The summed E-state index contributed by atoms with van der Waals surface area (Å²) >= 11 is 1.06. The average molecular weight is 426 g/mol. The van der Waals surface area contributed by atoms with E-state index in [0.717, 1.165) is 11.8 Å². The zero-order valence-corrected chi connectivity index (χ0v) is 17.4. The zero-order chi connectivity index (χ0) is 21.6. The van der Waals surface area contributed by atoms with Crippen molar-refractivity contribution in [2.24, 2.45) is 4.99 Å². The molecule has 0 spiro atoms. The molecule has 12 heteroatoms. The van der Waals surface area contributed by atoms with Crippen LogP contribution in [0.25, 0.3) is 0 Å². The highest BCUT2D eigenvalue weighted by Crippen LogP contribution is 2.31. The van der Waals surface area contributed by atoms with Gasteiger partial charge in [-0.3, -0.25) is 19.3 Å². The first kappa shape index (κ1) is 22.4. The number of esters is 3. The topological polar surface area (TPSA) is 129 Å². The van der Waals surface area contributed by atoms with Gasteiger partial charge >= 0.3 is 17.9 Å². The molecular weight excluding hydrogens is 404 g/mol. The van der Waals surface area contributed by atoms with Crippen LogP contribution in [-0.4, -0.2) is 76.1 Å². The van der Waals surface area contributed by atoms with Crippen molar-refractivity contribution < 1.29 is 33.4 Å². The molecule has 1 amide bonds. The minimum absolute atomic E-state index is 0.00591. The summed E-state index contributed by atoms with van der Waals surface area (Å²) in [6.45, 7) is 3.39. The molecule has 0 radical (unpaired) electrons. The van der Waals surface area contributed by atoms with Crippen LogP contribution < -0.4 is 0 Å². The first-order chi connectivity index (χ1) is 13.8. The summed E-state index contributed by atoms with van der Waals surface area (Å²) in [6.07, 6.45) is 1.17. The molecule has 158 valence electrons. The third-order valence-corrected chi connectivity index (χ3v) is 5.04. The van der Waals surface area contributed by atoms with Gasteiger partial charge in [0.15, 0.2) is 16.7 Å². The smallest absolute Gasteiger partial charge is 0.358 e. The number of rotatable bonds is 8. The molecule has 0 aromatic carbocycles. The van der Waals surface area contributed by atoms with Crippen LogP contribution in [0.5, 0.6) is 0 Å². The highest BCUT2D eigenvalue weighted by atomic mass is 32.2. The predicted octanol–water partition coefficient (Wildman–Crippen LogP) is 0.747. The first-order valence-electron chi connectivity index (χ1n) is 8.79. The summed E-state index contributed by atoms with van der Waals surface area (Å²) in [5.74, 6) is -2.10. The molecule has 29 heavy (non-hydrogen) atoms. The lowest BCUT2D eigenvalue weighted by Crippen LogP contribution is -2.29. The highest BCUT2D eigenvalue weighted by molar-refractivity contribution is 8.15. The van der Waals surface area contributed by atoms with Crippen molar-refractivity contribution >= 4 is 46.6 Å². The second-order valence-corrected chi connectivity index (χ2v) is 6.92. The van der Waals surface area contributed by atoms with Crippen molar-refractivity contribution in [3.8, 4) is 0 Å². The van der Waals surface area contributed by atoms with E-state index in [0.29, 0.717) is 0 Å². The van der Waals surface area contributed by atoms with Crippen LogP contribution in [-0.2, 0) is 35.1 Å². The number of aromatic nitrogens is 2. The van der Waals surface area contributed by atoms with Gasteiger partial charge in [-0.05, 0) is 13.8 Å². The number of hydrogen-bond acceptors (Lipinski definition) is 10. The first-order valence-corrected chi connectivity index (χ1v) is 9.67. The van der Waals surface area contributed by atoms with Gasteiger partial charge < -0.3 is 18.8 Å². The Morgan fingerprint density at radius 1 is 1.21 bits per heavy atom. The molecule has 0 aliphatic carbocycles. The summed E-state index contributed by atoms with van der Waals surface area (Å²) in [4.78, 5) is 57.7. The Bertz CT molecular complexity index is 836. The number of carbonyl (C=O) groups is 4. The third kappa shape index (κ3) is 5.34. The van der Waals surface area contributed by atoms with Crippen molar-refractivity contribution in [2.75, 3.05) is 27.4 Å². The molecule has 11 nitrogen and oxygen atoms in total. The lowest BCUT2D eigenvalue weighted by atomic mass is 10.3. The summed E-state index contributed by atoms with van der Waals surface area (Å²) < 4.78 is 15.8. The number of thioether (sulfide) groups is 1. The van der Waals surface area contributed by atoms with Crippen LogP contribution in [0, 0.1) is 0 Å². The van der Waals surface area contributed by atoms with Gasteiger partial charge in [0.2, 0.25) is 5.91 Å². The lowest BCUT2D eigenvalue weighted by Gasteiger charge is -2.09. The van der Waals surface area contributed by atoms with E-state index in [1.54, 1.807) is 13.8 Å². The van der Waals surface area contributed by atoms with E-state index >= 15 is 0 Å². The fraction of sp³-hybridized carbons (Fsp3) is 0.529. The van der Waals surface area contributed by atoms with Gasteiger partial charge in [-0.1, -0.05) is 11.8 Å². The molecule has 1 aromatic heterocycles. The average Bonchev–Trinajstić information content (AvgIpc) is 3.18. The van der Waals surface area contributed by atoms with E-state index in [9.17, 15) is 19.2 Å². The van der Waals surface area contributed by atoms with E-state index < -0.39 is 23.2 Å². The van der Waals surface area contributed by atoms with Crippen LogP contribution in [0.1, 0.15) is 30.8 Å². The van der Waals surface area contributed by atoms with E-state index in [4.69, 9.17) is 9.47 Å². The van der Waals surface area contributed by atoms with Crippen LogP contribution in [0.2, 0.25) is 0 Å². The maximum absolute atomic E-state index is 12.4. The van der Waals surface area contributed by atoms with Crippen molar-refractivity contribution in [3.05, 3.63) is 12.0 Å². The number of methoxy groups -OCH3 is 1. The van der Waals surface area contributed by atoms with Gasteiger partial charge in [0.1, 0.15) is 11.8 Å². The fourth-order valence-corrected chi connectivity index (χ4v) is 3.57. The number of amides is 1. The number of amidine groups is 1. The van der Waals surface area contributed by atoms with E-state index in [2.05, 4.69) is 14.7 Å². The predicted molar refractivity (Wildman–Crippen MR) is 103 cm³/mol. The molecule has 1 aromatic rings. The van der Waals surface area contributed by atoms with Crippen molar-refractivity contribution in [1.29, 1.82) is 0 Å². The van der Waals surface area contributed by atoms with Gasteiger partial charge in [-0.15, -0.1) is 0 Å². The lowest BCUT2D eigenvalue weighted by molar-refractivity contribution is -0.144. The van der Waals surface area contributed by atoms with Gasteiger partial charge in [0.05, 0.1) is 33.1 Å². The van der Waals surface area contributed by atoms with Crippen molar-refractivity contribution in [1.82, 2.24) is 14.5 Å². The Morgan fingerprint density at radius 3 is 2.52 bits per heavy atom. The second-order valence-electron chi connectivity index (χ2n) is 5.75. The Morgan fingerprint density at radius 2 is 1.90 bits per heavy atom. The zero-order valence-electron chi connectivity index (χ0n) is 16.5. The van der Waals surface area contributed by atoms with Crippen molar-refractivity contribution in [2.45, 2.75) is 32.1 Å². The molecule has 0 bridgehead atoms. The summed E-state index contributed by atoms with van der Waals surface area (Å²) in [5, 5.41) is -0.422. The Hall–Kier alpha value is -2.89. The molecule has 1 fully saturated rings. The van der Waals surface area contributed by atoms with E-state index in [1.165, 1.54) is 30.0 Å². The molecule has 1 unspecified atom stereocenters. The van der Waals surface area contributed by atoms with Crippen LogP contribution in [0.4, 0.5) is 5.82 Å². The number of nitrogens with zero attached hydrogens (tertiary/aromatic N) is 4. The summed E-state index contributed by atoms with van der Waals surface area (Å²) in [5.41, 5.74) is -0.0368. The van der Waals surface area contributed by atoms with Crippen LogP contribution >= 0.6 is 11.8 Å². The molecule has 1 saturated heterocycles. The third-order valence-electron chi connectivity index (χ3n) is 3.81. The van der Waals surface area contributed by atoms with Gasteiger partial charge in [0.25, 0.3) is 0 Å². The molecular formula is C17H22N4O7S. The number of hydrogen-bond donors (Lipinski definition) is 0. The Balaban J connectivity index is 2.34. The second kappa shape index (κ2) is 10.0. The fourth-order valence-electron chi connectivity index (χ4n) is 2.45. The highest BCUT2D eigenvalue weighted by Gasteiger charge is 2.38. The molecule has 0 saturated carbocycles. The number of ether oxygens (including phenoxy) is 3. The maximum Gasteiger partial charge on any atom is 0.358 e. The molecule has 1 aliphatic rings. The molecule has 2 heterocycles. The minimum atomic E-state index is -0.711. The normalized spacial score (nSPS) is 17.5. The van der Waals surface area contributed by atoms with Crippen molar-refractivity contribution in [3.63, 3.8) is 0 Å². The maximum atomic E-state index is 12.4. The Kier molecular flexibility index (Phi) is 7.76. The monoisotopic (exact) mass is 426 g/mol. The number of aliphatic imine (C=N–C) groups is 1. The molecule has 0 N–H and O–H groups in total. The van der Waals surface area contributed by atoms with Crippen LogP contribution in [0.3, 0.4) is 0 Å². The Labute approximate surface area is 171 Å². The van der Waals surface area contributed by atoms with Gasteiger partial charge in [0, 0.05) is 7.05 Å². The molecule has 1 aliphatic heterocycles. The van der Waals surface area contributed by atoms with Crippen LogP contribution in [0.15, 0.2) is 11.3 Å². The quantitative estimate of drug-likeness (QED) is 0.436. The minimum Gasteiger partial charge on any atom is -0.469 e. The van der Waals surface area contributed by atoms with Gasteiger partial charge in [-0.25, -0.2) is 14.8 Å². The van der Waals surface area contributed by atoms with E-state index in [1.807, 2.05) is 0 Å². The number of imidazole rings is 1. The molecule has 2 rings (SSSR count). The number of carbonyl (C=O) groups excluding carboxylic acids is 4. The summed E-state index contributed by atoms with van der Waals surface area (Å²) in [7, 11) is 2.75. The van der Waals surface area contributed by atoms with Gasteiger partial charge in [-0.2, -0.15) is 0 Å². The molecule has 1 atom stereocenters. The largest absolute Gasteiger partial charge is 0.469 e. The SMILES string of the molecule is CCOC(=O)Cn1cnc(/N=C2\SC(CC(=O)OC)C(=O)N2C)c1C(=O)OCC. The summed E-state index contributed by atoms with van der Waals surface area (Å²) in [6, 6.07) is 0. The van der Waals surface area contributed by atoms with E-state index in [-0.39, 0.29) is 48.8 Å². The standard InChI is InChI=1S/C17H22N4O7S/c1-5-27-12(23)8-21-9-18-14(13(21)16(25)28-6-2)19-17-20(3)15(24)10(29-17)7-11(22)26-4/h9-10H,5-8H2,1-4H3/b19-17-.